The van der Waals surface area contributed by atoms with E-state index in [1.54, 1.807) is 6.07 Å². The molecule has 0 saturated carbocycles. The summed E-state index contributed by atoms with van der Waals surface area (Å²) in [4.78, 5) is 14.1. The molecule has 6 nitrogen and oxygen atoms in total. The lowest BCUT2D eigenvalue weighted by atomic mass is 9.80. The quantitative estimate of drug-likeness (QED) is 0.555. The fourth-order valence-corrected chi connectivity index (χ4v) is 5.58. The maximum atomic E-state index is 10.2. The molecule has 2 aliphatic heterocycles. The maximum Gasteiger partial charge on any atom is 0.227 e. The van der Waals surface area contributed by atoms with Crippen LogP contribution in [0.25, 0.3) is 0 Å². The van der Waals surface area contributed by atoms with E-state index in [9.17, 15) is 5.11 Å². The molecule has 2 atom stereocenters. The van der Waals surface area contributed by atoms with Gasteiger partial charge in [-0.3, -0.25) is 0 Å². The number of β-amino-alcohol motifs (C(OH)–C–C–N with tert-alkyl or cyclic N) is 1. The van der Waals surface area contributed by atoms with E-state index in [4.69, 9.17) is 28.2 Å². The summed E-state index contributed by atoms with van der Waals surface area (Å²) in [6.07, 6.45) is 4.36. The molecule has 2 unspecified atom stereocenters. The summed E-state index contributed by atoms with van der Waals surface area (Å²) >= 11 is 12.4. The SMILES string of the molecule is Cc1cnc(N2CC(C3CCCN(CC(C)(C)O)C3)C2)nc1NC(C)c1ccc(Cl)cc1Cl. The minimum Gasteiger partial charge on any atom is -0.389 e. The number of rotatable bonds is 7. The lowest BCUT2D eigenvalue weighted by Gasteiger charge is -2.47. The van der Waals surface area contributed by atoms with Crippen molar-refractivity contribution in [2.45, 2.75) is 52.2 Å². The van der Waals surface area contributed by atoms with Gasteiger partial charge in [0.05, 0.1) is 11.6 Å². The first kappa shape index (κ1) is 24.5. The highest BCUT2D eigenvalue weighted by atomic mass is 35.5. The molecule has 2 aromatic rings. The number of aromatic nitrogens is 2. The third-order valence-electron chi connectivity index (χ3n) is 6.75. The molecular weight excluding hydrogens is 457 g/mol. The minimum atomic E-state index is -0.639. The van der Waals surface area contributed by atoms with Crippen LogP contribution in [-0.2, 0) is 0 Å². The first-order valence-electron chi connectivity index (χ1n) is 11.8. The van der Waals surface area contributed by atoms with E-state index in [0.29, 0.717) is 21.9 Å². The second-order valence-electron chi connectivity index (χ2n) is 10.3. The Kier molecular flexibility index (Phi) is 7.39. The van der Waals surface area contributed by atoms with Gasteiger partial charge in [-0.1, -0.05) is 29.3 Å². The first-order valence-corrected chi connectivity index (χ1v) is 12.6. The Bertz CT molecular complexity index is 974. The molecule has 8 heteroatoms. The average molecular weight is 492 g/mol. The number of nitrogens with one attached hydrogen (secondary N) is 1. The minimum absolute atomic E-state index is 0.00986. The monoisotopic (exact) mass is 491 g/mol. The molecule has 2 saturated heterocycles. The third-order valence-corrected chi connectivity index (χ3v) is 7.32. The summed E-state index contributed by atoms with van der Waals surface area (Å²) in [5.41, 5.74) is 1.35. The molecule has 33 heavy (non-hydrogen) atoms. The summed E-state index contributed by atoms with van der Waals surface area (Å²) in [6.45, 7) is 12.7. The highest BCUT2D eigenvalue weighted by Crippen LogP contribution is 2.34. The van der Waals surface area contributed by atoms with E-state index in [2.05, 4.69) is 27.0 Å². The topological polar surface area (TPSA) is 64.5 Å². The average Bonchev–Trinajstić information content (AvgIpc) is 2.68. The molecule has 1 aromatic carbocycles. The number of piperidine rings is 1. The molecule has 0 bridgehead atoms. The molecule has 4 rings (SSSR count). The fourth-order valence-electron chi connectivity index (χ4n) is 5.01. The van der Waals surface area contributed by atoms with Gasteiger partial charge in [0.15, 0.2) is 0 Å². The van der Waals surface area contributed by atoms with Gasteiger partial charge >= 0.3 is 0 Å². The zero-order valence-electron chi connectivity index (χ0n) is 20.0. The molecule has 0 aliphatic carbocycles. The van der Waals surface area contributed by atoms with Gasteiger partial charge in [-0.25, -0.2) is 4.98 Å². The van der Waals surface area contributed by atoms with Crippen molar-refractivity contribution >= 4 is 35.0 Å². The molecule has 0 spiro atoms. The van der Waals surface area contributed by atoms with Crippen molar-refractivity contribution in [3.05, 3.63) is 45.6 Å². The molecule has 2 N–H and O–H groups in total. The van der Waals surface area contributed by atoms with Gasteiger partial charge in [-0.2, -0.15) is 4.98 Å². The van der Waals surface area contributed by atoms with Gasteiger partial charge in [0.1, 0.15) is 5.82 Å². The van der Waals surface area contributed by atoms with Crippen molar-refractivity contribution in [1.82, 2.24) is 14.9 Å². The number of hydrogen-bond acceptors (Lipinski definition) is 6. The number of nitrogens with zero attached hydrogens (tertiary/aromatic N) is 4. The Balaban J connectivity index is 1.37. The summed E-state index contributed by atoms with van der Waals surface area (Å²) in [7, 11) is 0. The van der Waals surface area contributed by atoms with Gasteiger partial charge in [0.25, 0.3) is 0 Å². The van der Waals surface area contributed by atoms with Crippen molar-refractivity contribution < 1.29 is 5.11 Å². The number of anilines is 2. The van der Waals surface area contributed by atoms with Crippen LogP contribution in [0.3, 0.4) is 0 Å². The number of hydrogen-bond donors (Lipinski definition) is 2. The Morgan fingerprint density at radius 3 is 2.67 bits per heavy atom. The maximum absolute atomic E-state index is 10.2. The fraction of sp³-hybridized carbons (Fsp3) is 0.600. The van der Waals surface area contributed by atoms with Crippen LogP contribution < -0.4 is 10.2 Å². The number of aliphatic hydroxyl groups is 1. The van der Waals surface area contributed by atoms with Gasteiger partial charge in [0, 0.05) is 48.0 Å². The molecule has 1 aromatic heterocycles. The van der Waals surface area contributed by atoms with Crippen molar-refractivity contribution in [3.63, 3.8) is 0 Å². The Hall–Kier alpha value is -1.60. The highest BCUT2D eigenvalue weighted by molar-refractivity contribution is 6.35. The van der Waals surface area contributed by atoms with Crippen LogP contribution in [0.4, 0.5) is 11.8 Å². The second-order valence-corrected chi connectivity index (χ2v) is 11.2. The van der Waals surface area contributed by atoms with Crippen LogP contribution in [0.2, 0.25) is 10.0 Å². The summed E-state index contributed by atoms with van der Waals surface area (Å²) in [5, 5.41) is 15.0. The molecule has 2 aliphatic rings. The largest absolute Gasteiger partial charge is 0.389 e. The normalized spacial score (nSPS) is 21.1. The molecule has 180 valence electrons. The molecule has 0 amide bonds. The highest BCUT2D eigenvalue weighted by Gasteiger charge is 2.37. The summed E-state index contributed by atoms with van der Waals surface area (Å²) < 4.78 is 0. The Morgan fingerprint density at radius 1 is 1.21 bits per heavy atom. The Morgan fingerprint density at radius 2 is 1.97 bits per heavy atom. The number of aryl methyl sites for hydroxylation is 1. The van der Waals surface area contributed by atoms with E-state index in [0.717, 1.165) is 55.6 Å². The van der Waals surface area contributed by atoms with E-state index in [1.165, 1.54) is 12.8 Å². The number of halogens is 2. The third kappa shape index (κ3) is 6.10. The lowest BCUT2D eigenvalue weighted by molar-refractivity contribution is 0.0132. The smallest absolute Gasteiger partial charge is 0.227 e. The van der Waals surface area contributed by atoms with Gasteiger partial charge in [-0.05, 0) is 76.6 Å². The standard InChI is InChI=1S/C25H35Cl2N5O/c1-16-11-28-24(30-23(16)29-17(2)21-8-7-20(26)10-22(21)27)32-13-19(14-32)18-6-5-9-31(12-18)15-25(3,4)33/h7-8,10-11,17-19,33H,5-6,9,12-15H2,1-4H3,(H,28,29,30). The van der Waals surface area contributed by atoms with Crippen LogP contribution in [0.5, 0.6) is 0 Å². The predicted molar refractivity (Wildman–Crippen MR) is 136 cm³/mol. The van der Waals surface area contributed by atoms with Crippen LogP contribution in [0, 0.1) is 18.8 Å². The van der Waals surface area contributed by atoms with Crippen LogP contribution in [0.15, 0.2) is 24.4 Å². The molecule has 2 fully saturated rings. The predicted octanol–water partition coefficient (Wildman–Crippen LogP) is 5.18. The van der Waals surface area contributed by atoms with E-state index < -0.39 is 5.60 Å². The number of benzene rings is 1. The van der Waals surface area contributed by atoms with Crippen molar-refractivity contribution in [2.75, 3.05) is 42.9 Å². The lowest BCUT2D eigenvalue weighted by Crippen LogP contribution is -2.55. The molecule has 3 heterocycles. The zero-order valence-corrected chi connectivity index (χ0v) is 21.5. The van der Waals surface area contributed by atoms with E-state index in [-0.39, 0.29) is 6.04 Å². The molecule has 0 radical (unpaired) electrons. The van der Waals surface area contributed by atoms with Gasteiger partial charge < -0.3 is 20.2 Å². The van der Waals surface area contributed by atoms with Crippen LogP contribution >= 0.6 is 23.2 Å². The van der Waals surface area contributed by atoms with Crippen molar-refractivity contribution in [2.24, 2.45) is 11.8 Å². The summed E-state index contributed by atoms with van der Waals surface area (Å²) in [5.74, 6) is 2.93. The van der Waals surface area contributed by atoms with Crippen LogP contribution in [-0.4, -0.2) is 58.3 Å². The zero-order chi connectivity index (χ0) is 23.8. The van der Waals surface area contributed by atoms with Crippen molar-refractivity contribution in [1.29, 1.82) is 0 Å². The van der Waals surface area contributed by atoms with Gasteiger partial charge in [0.2, 0.25) is 5.95 Å². The van der Waals surface area contributed by atoms with Crippen molar-refractivity contribution in [3.8, 4) is 0 Å². The summed E-state index contributed by atoms with van der Waals surface area (Å²) in [6, 6.07) is 5.56. The van der Waals surface area contributed by atoms with Gasteiger partial charge in [-0.15, -0.1) is 0 Å². The van der Waals surface area contributed by atoms with Crippen LogP contribution in [0.1, 0.15) is 50.8 Å². The van der Waals surface area contributed by atoms with E-state index in [1.807, 2.05) is 39.1 Å². The molecular formula is C25H35Cl2N5O. The Labute approximate surface area is 207 Å². The number of likely N-dealkylation sites (tertiary alicyclic amines) is 1. The second kappa shape index (κ2) is 9.95. The van der Waals surface area contributed by atoms with E-state index >= 15 is 0 Å². The first-order chi connectivity index (χ1) is 15.6.